The van der Waals surface area contributed by atoms with Crippen molar-refractivity contribution in [2.75, 3.05) is 0 Å². The Morgan fingerprint density at radius 3 is 2.73 bits per heavy atom. The number of carbonyl (C=O) groups excluding carboxylic acids is 1. The molecule has 0 aliphatic rings. The van der Waals surface area contributed by atoms with Gasteiger partial charge in [-0.15, -0.1) is 11.3 Å². The molecule has 4 nitrogen and oxygen atoms in total. The number of hydrogen-bond donors (Lipinski definition) is 1. The first-order valence-corrected chi connectivity index (χ1v) is 8.22. The van der Waals surface area contributed by atoms with Crippen molar-refractivity contribution in [2.45, 2.75) is 13.0 Å². The number of hydrogen-bond acceptors (Lipinski definition) is 5. The second-order valence-electron chi connectivity index (χ2n) is 4.64. The van der Waals surface area contributed by atoms with Crippen LogP contribution in [0, 0.1) is 5.82 Å². The minimum atomic E-state index is -0.318. The van der Waals surface area contributed by atoms with Gasteiger partial charge in [0, 0.05) is 10.4 Å². The highest BCUT2D eigenvalue weighted by molar-refractivity contribution is 7.10. The molecule has 7 heteroatoms. The molecule has 22 heavy (non-hydrogen) atoms. The van der Waals surface area contributed by atoms with Crippen LogP contribution >= 0.6 is 22.9 Å². The van der Waals surface area contributed by atoms with E-state index >= 15 is 0 Å². The van der Waals surface area contributed by atoms with E-state index in [9.17, 15) is 9.18 Å². The average Bonchev–Trinajstić information content (AvgIpc) is 3.20. The lowest BCUT2D eigenvalue weighted by Gasteiger charge is -2.10. The van der Waals surface area contributed by atoms with E-state index in [4.69, 9.17) is 0 Å². The molecule has 0 saturated carbocycles. The Kier molecular flexibility index (Phi) is 4.26. The third-order valence-corrected chi connectivity index (χ3v) is 4.81. The second kappa shape index (κ2) is 6.33. The van der Waals surface area contributed by atoms with Gasteiger partial charge >= 0.3 is 0 Å². The van der Waals surface area contributed by atoms with E-state index in [1.807, 2.05) is 24.4 Å². The number of amides is 1. The van der Waals surface area contributed by atoms with Crippen LogP contribution in [0.15, 0.2) is 41.8 Å². The van der Waals surface area contributed by atoms with Crippen molar-refractivity contribution in [1.29, 1.82) is 0 Å². The van der Waals surface area contributed by atoms with Gasteiger partial charge in [0.25, 0.3) is 5.91 Å². The summed E-state index contributed by atoms with van der Waals surface area (Å²) in [5.74, 6) is -0.146. The summed E-state index contributed by atoms with van der Waals surface area (Å²) in [5.41, 5.74) is 0.683. The van der Waals surface area contributed by atoms with Gasteiger partial charge in [-0.25, -0.2) is 9.37 Å². The van der Waals surface area contributed by atoms with E-state index in [-0.39, 0.29) is 17.8 Å². The smallest absolute Gasteiger partial charge is 0.282 e. The largest absolute Gasteiger partial charge is 0.343 e. The molecule has 112 valence electrons. The highest BCUT2D eigenvalue weighted by Crippen LogP contribution is 2.21. The number of halogens is 1. The van der Waals surface area contributed by atoms with Crippen molar-refractivity contribution in [3.8, 4) is 11.4 Å². The molecule has 2 heterocycles. The molecule has 0 radical (unpaired) electrons. The number of thiophene rings is 1. The van der Waals surface area contributed by atoms with Gasteiger partial charge in [0.2, 0.25) is 5.01 Å². The molecule has 1 amide bonds. The van der Waals surface area contributed by atoms with Crippen LogP contribution in [0.2, 0.25) is 0 Å². The van der Waals surface area contributed by atoms with Crippen LogP contribution in [0.1, 0.15) is 27.6 Å². The average molecular weight is 333 g/mol. The first-order valence-electron chi connectivity index (χ1n) is 6.57. The van der Waals surface area contributed by atoms with Gasteiger partial charge in [0.1, 0.15) is 5.82 Å². The maximum absolute atomic E-state index is 12.9. The number of nitrogens with one attached hydrogen (secondary N) is 1. The van der Waals surface area contributed by atoms with Crippen molar-refractivity contribution in [2.24, 2.45) is 0 Å². The summed E-state index contributed by atoms with van der Waals surface area (Å²) in [6.45, 7) is 1.92. The Balaban J connectivity index is 1.73. The Labute approximate surface area is 134 Å². The molecule has 1 N–H and O–H groups in total. The molecule has 1 atom stereocenters. The molecule has 0 saturated heterocycles. The van der Waals surface area contributed by atoms with Crippen LogP contribution in [-0.2, 0) is 0 Å². The third kappa shape index (κ3) is 3.20. The molecular weight excluding hydrogens is 321 g/mol. The fourth-order valence-electron chi connectivity index (χ4n) is 1.90. The summed E-state index contributed by atoms with van der Waals surface area (Å²) in [6.07, 6.45) is 0. The van der Waals surface area contributed by atoms with Crippen LogP contribution in [0.3, 0.4) is 0 Å². The minimum Gasteiger partial charge on any atom is -0.343 e. The molecule has 0 aliphatic heterocycles. The fraction of sp³-hybridized carbons (Fsp3) is 0.133. The number of nitrogens with zero attached hydrogens (tertiary/aromatic N) is 2. The molecule has 3 rings (SSSR count). The van der Waals surface area contributed by atoms with Gasteiger partial charge in [-0.1, -0.05) is 6.07 Å². The molecular formula is C15H12FN3OS2. The Hall–Kier alpha value is -2.12. The lowest BCUT2D eigenvalue weighted by Crippen LogP contribution is -2.25. The Morgan fingerprint density at radius 2 is 2.05 bits per heavy atom. The van der Waals surface area contributed by atoms with Gasteiger partial charge in [-0.05, 0) is 54.2 Å². The van der Waals surface area contributed by atoms with Gasteiger partial charge in [0.05, 0.1) is 6.04 Å². The monoisotopic (exact) mass is 333 g/mol. The van der Waals surface area contributed by atoms with Crippen LogP contribution in [0.25, 0.3) is 11.4 Å². The molecule has 0 bridgehead atoms. The van der Waals surface area contributed by atoms with E-state index in [1.54, 1.807) is 23.5 Å². The molecule has 2 aromatic heterocycles. The van der Waals surface area contributed by atoms with Crippen molar-refractivity contribution in [3.05, 3.63) is 57.5 Å². The summed E-state index contributed by atoms with van der Waals surface area (Å²) >= 11 is 2.62. The van der Waals surface area contributed by atoms with Crippen LogP contribution in [0.5, 0.6) is 0 Å². The summed E-state index contributed by atoms with van der Waals surface area (Å²) in [6, 6.07) is 9.70. The topological polar surface area (TPSA) is 54.9 Å². The molecule has 0 aliphatic carbocycles. The van der Waals surface area contributed by atoms with E-state index in [0.29, 0.717) is 16.4 Å². The molecule has 0 fully saturated rings. The van der Waals surface area contributed by atoms with Crippen molar-refractivity contribution in [1.82, 2.24) is 14.7 Å². The SMILES string of the molecule is C[C@@H](NC(=O)c1nc(-c2ccc(F)cc2)ns1)c1cccs1. The molecule has 0 unspecified atom stereocenters. The zero-order valence-corrected chi connectivity index (χ0v) is 13.2. The van der Waals surface area contributed by atoms with Crippen molar-refractivity contribution < 1.29 is 9.18 Å². The zero-order valence-electron chi connectivity index (χ0n) is 11.6. The summed E-state index contributed by atoms with van der Waals surface area (Å²) in [5, 5.41) is 5.15. The van der Waals surface area contributed by atoms with E-state index in [1.165, 1.54) is 12.1 Å². The lowest BCUT2D eigenvalue weighted by atomic mass is 10.2. The van der Waals surface area contributed by atoms with E-state index in [0.717, 1.165) is 16.4 Å². The summed E-state index contributed by atoms with van der Waals surface area (Å²) in [4.78, 5) is 17.5. The third-order valence-electron chi connectivity index (χ3n) is 3.04. The second-order valence-corrected chi connectivity index (χ2v) is 6.37. The molecule has 0 spiro atoms. The van der Waals surface area contributed by atoms with Crippen LogP contribution < -0.4 is 5.32 Å². The van der Waals surface area contributed by atoms with Crippen LogP contribution in [0.4, 0.5) is 4.39 Å². The quantitative estimate of drug-likeness (QED) is 0.788. The normalized spacial score (nSPS) is 12.1. The maximum atomic E-state index is 12.9. The van der Waals surface area contributed by atoms with E-state index < -0.39 is 0 Å². The number of carbonyl (C=O) groups is 1. The summed E-state index contributed by atoms with van der Waals surface area (Å²) < 4.78 is 17.1. The predicted octanol–water partition coefficient (Wildman–Crippen LogP) is 3.90. The predicted molar refractivity (Wildman–Crippen MR) is 85.5 cm³/mol. The minimum absolute atomic E-state index is 0.0781. The number of benzene rings is 1. The first kappa shape index (κ1) is 14.8. The number of rotatable bonds is 4. The Morgan fingerprint density at radius 1 is 1.27 bits per heavy atom. The number of aromatic nitrogens is 2. The van der Waals surface area contributed by atoms with Gasteiger partial charge in [-0.3, -0.25) is 4.79 Å². The van der Waals surface area contributed by atoms with Crippen molar-refractivity contribution in [3.63, 3.8) is 0 Å². The molecule has 1 aromatic carbocycles. The maximum Gasteiger partial charge on any atom is 0.282 e. The lowest BCUT2D eigenvalue weighted by molar-refractivity contribution is 0.0940. The highest BCUT2D eigenvalue weighted by atomic mass is 32.1. The van der Waals surface area contributed by atoms with Gasteiger partial charge in [-0.2, -0.15) is 4.37 Å². The van der Waals surface area contributed by atoms with Gasteiger partial charge < -0.3 is 5.32 Å². The Bertz CT molecular complexity index is 768. The zero-order chi connectivity index (χ0) is 15.5. The molecule has 3 aromatic rings. The first-order chi connectivity index (χ1) is 10.6. The highest BCUT2D eigenvalue weighted by Gasteiger charge is 2.17. The summed E-state index contributed by atoms with van der Waals surface area (Å²) in [7, 11) is 0. The van der Waals surface area contributed by atoms with Gasteiger partial charge in [0.15, 0.2) is 5.82 Å². The van der Waals surface area contributed by atoms with Crippen LogP contribution in [-0.4, -0.2) is 15.3 Å². The fourth-order valence-corrected chi connectivity index (χ4v) is 3.22. The standard InChI is InChI=1S/C15H12FN3OS2/c1-9(12-3-2-8-21-12)17-14(20)15-18-13(19-22-15)10-4-6-11(16)7-5-10/h2-9H,1H3,(H,17,20)/t9-/m1/s1. The van der Waals surface area contributed by atoms with E-state index in [2.05, 4.69) is 14.7 Å². The van der Waals surface area contributed by atoms with Crippen molar-refractivity contribution >= 4 is 28.8 Å².